The third kappa shape index (κ3) is 2.76. The molecule has 1 aromatic rings. The van der Waals surface area contributed by atoms with Gasteiger partial charge < -0.3 is 9.64 Å². The van der Waals surface area contributed by atoms with Crippen molar-refractivity contribution in [2.75, 3.05) is 11.5 Å². The number of nitrogens with zero attached hydrogens (tertiary/aromatic N) is 3. The van der Waals surface area contributed by atoms with Gasteiger partial charge in [0.05, 0.1) is 18.2 Å². The molecule has 25 heavy (non-hydrogen) atoms. The smallest absolute Gasteiger partial charge is 0.423 e. The van der Waals surface area contributed by atoms with Crippen molar-refractivity contribution >= 4 is 35.0 Å². The largest absolute Gasteiger partial charge is 0.449 e. The maximum Gasteiger partial charge on any atom is 0.423 e. The molecule has 0 bridgehead atoms. The third-order valence-electron chi connectivity index (χ3n) is 4.80. The molecule has 2 fully saturated rings. The number of carbonyl (C=O) groups excluding carboxylic acids is 2. The SMILES string of the molecule is CCOC(=O)N1C(=O)C2(CCCCC2)N(c2ccc(C#N)cc2)C1=S. The first-order valence-electron chi connectivity index (χ1n) is 8.41. The van der Waals surface area contributed by atoms with Crippen LogP contribution in [0.15, 0.2) is 24.3 Å². The first kappa shape index (κ1) is 17.4. The van der Waals surface area contributed by atoms with Gasteiger partial charge in [-0.3, -0.25) is 4.79 Å². The van der Waals surface area contributed by atoms with Crippen molar-refractivity contribution in [1.29, 1.82) is 5.26 Å². The van der Waals surface area contributed by atoms with Gasteiger partial charge in [-0.05, 0) is 56.2 Å². The molecule has 1 heterocycles. The van der Waals surface area contributed by atoms with Crippen molar-refractivity contribution < 1.29 is 14.3 Å². The van der Waals surface area contributed by atoms with Crippen molar-refractivity contribution in [1.82, 2.24) is 4.90 Å². The van der Waals surface area contributed by atoms with Crippen molar-refractivity contribution in [3.05, 3.63) is 29.8 Å². The number of anilines is 1. The average molecular weight is 357 g/mol. The summed E-state index contributed by atoms with van der Waals surface area (Å²) in [5, 5.41) is 9.14. The number of benzene rings is 1. The summed E-state index contributed by atoms with van der Waals surface area (Å²) in [6.45, 7) is 1.87. The van der Waals surface area contributed by atoms with Crippen LogP contribution in [0.4, 0.5) is 10.5 Å². The minimum absolute atomic E-state index is 0.148. The van der Waals surface area contributed by atoms with E-state index in [0.29, 0.717) is 24.1 Å². The second-order valence-corrected chi connectivity index (χ2v) is 6.57. The van der Waals surface area contributed by atoms with E-state index in [2.05, 4.69) is 6.07 Å². The van der Waals surface area contributed by atoms with Crippen molar-refractivity contribution in [3.63, 3.8) is 0 Å². The summed E-state index contributed by atoms with van der Waals surface area (Å²) >= 11 is 5.49. The van der Waals surface area contributed by atoms with Gasteiger partial charge in [0.25, 0.3) is 5.91 Å². The van der Waals surface area contributed by atoms with Gasteiger partial charge in [0, 0.05) is 5.69 Å². The average Bonchev–Trinajstić information content (AvgIpc) is 2.83. The predicted molar refractivity (Wildman–Crippen MR) is 95.9 cm³/mol. The Bertz CT molecular complexity index is 748. The van der Waals surface area contributed by atoms with Gasteiger partial charge in [-0.15, -0.1) is 0 Å². The Morgan fingerprint density at radius 2 is 1.92 bits per heavy atom. The van der Waals surface area contributed by atoms with Gasteiger partial charge in [0.15, 0.2) is 5.11 Å². The van der Waals surface area contributed by atoms with Crippen molar-refractivity contribution in [2.45, 2.75) is 44.6 Å². The van der Waals surface area contributed by atoms with Gasteiger partial charge in [0.1, 0.15) is 5.54 Å². The topological polar surface area (TPSA) is 73.6 Å². The highest BCUT2D eigenvalue weighted by Gasteiger charge is 2.58. The van der Waals surface area contributed by atoms with E-state index in [9.17, 15) is 9.59 Å². The Labute approximate surface area is 152 Å². The maximum absolute atomic E-state index is 13.2. The van der Waals surface area contributed by atoms with Crippen LogP contribution < -0.4 is 4.90 Å². The highest BCUT2D eigenvalue weighted by molar-refractivity contribution is 7.80. The van der Waals surface area contributed by atoms with E-state index in [1.807, 2.05) is 0 Å². The lowest BCUT2D eigenvalue weighted by atomic mass is 9.80. The first-order chi connectivity index (χ1) is 12.0. The number of imide groups is 1. The molecule has 0 radical (unpaired) electrons. The van der Waals surface area contributed by atoms with Crippen LogP contribution >= 0.6 is 12.2 Å². The summed E-state index contributed by atoms with van der Waals surface area (Å²) in [6, 6.07) is 8.98. The van der Waals surface area contributed by atoms with E-state index in [4.69, 9.17) is 22.2 Å². The normalized spacial score (nSPS) is 19.2. The summed E-state index contributed by atoms with van der Waals surface area (Å²) in [5.41, 5.74) is 0.405. The van der Waals surface area contributed by atoms with E-state index in [1.165, 1.54) is 0 Å². The molecule has 6 nitrogen and oxygen atoms in total. The fraction of sp³-hybridized carbons (Fsp3) is 0.444. The quantitative estimate of drug-likeness (QED) is 0.756. The van der Waals surface area contributed by atoms with Crippen LogP contribution in [0.3, 0.4) is 0 Å². The molecular weight excluding hydrogens is 338 g/mol. The second kappa shape index (κ2) is 6.81. The lowest BCUT2D eigenvalue weighted by Gasteiger charge is -2.39. The molecule has 1 spiro atoms. The lowest BCUT2D eigenvalue weighted by Crippen LogP contribution is -2.51. The Morgan fingerprint density at radius 1 is 1.28 bits per heavy atom. The molecule has 1 aliphatic carbocycles. The van der Waals surface area contributed by atoms with E-state index in [0.717, 1.165) is 24.2 Å². The second-order valence-electron chi connectivity index (χ2n) is 6.21. The summed E-state index contributed by atoms with van der Waals surface area (Å²) in [5.74, 6) is -0.306. The van der Waals surface area contributed by atoms with Gasteiger partial charge in [-0.2, -0.15) is 10.2 Å². The lowest BCUT2D eigenvalue weighted by molar-refractivity contribution is -0.130. The van der Waals surface area contributed by atoms with Crippen molar-refractivity contribution in [3.8, 4) is 6.07 Å². The molecule has 7 heteroatoms. The highest BCUT2D eigenvalue weighted by Crippen LogP contribution is 2.43. The number of thiocarbonyl (C=S) groups is 1. The molecule has 0 N–H and O–H groups in total. The van der Waals surface area contributed by atoms with Crippen LogP contribution in [0.2, 0.25) is 0 Å². The molecule has 1 aliphatic heterocycles. The molecule has 130 valence electrons. The zero-order valence-electron chi connectivity index (χ0n) is 14.0. The van der Waals surface area contributed by atoms with Crippen LogP contribution in [0.5, 0.6) is 0 Å². The number of carbonyl (C=O) groups is 2. The molecule has 3 rings (SSSR count). The van der Waals surface area contributed by atoms with E-state index in [-0.39, 0.29) is 17.6 Å². The van der Waals surface area contributed by atoms with Gasteiger partial charge in [0.2, 0.25) is 0 Å². The van der Waals surface area contributed by atoms with Crippen LogP contribution in [-0.2, 0) is 9.53 Å². The monoisotopic (exact) mass is 357 g/mol. The Hall–Kier alpha value is -2.46. The maximum atomic E-state index is 13.2. The minimum atomic E-state index is -0.837. The molecule has 1 saturated carbocycles. The Balaban J connectivity index is 2.05. The van der Waals surface area contributed by atoms with E-state index < -0.39 is 11.6 Å². The number of nitriles is 1. The first-order valence-corrected chi connectivity index (χ1v) is 8.81. The number of hydrogen-bond acceptors (Lipinski definition) is 5. The molecule has 2 aliphatic rings. The third-order valence-corrected chi connectivity index (χ3v) is 5.16. The zero-order chi connectivity index (χ0) is 18.0. The molecule has 0 atom stereocenters. The van der Waals surface area contributed by atoms with Crippen LogP contribution in [0, 0.1) is 11.3 Å². The summed E-state index contributed by atoms with van der Waals surface area (Å²) in [7, 11) is 0. The molecule has 2 amide bonds. The molecule has 1 aromatic carbocycles. The number of hydrogen-bond donors (Lipinski definition) is 0. The number of ether oxygens (including phenoxy) is 1. The number of amides is 2. The van der Waals surface area contributed by atoms with Gasteiger partial charge >= 0.3 is 6.09 Å². The highest BCUT2D eigenvalue weighted by atomic mass is 32.1. The van der Waals surface area contributed by atoms with E-state index >= 15 is 0 Å². The van der Waals surface area contributed by atoms with Gasteiger partial charge in [-0.25, -0.2) is 4.79 Å². The standard InChI is InChI=1S/C18H19N3O3S/c1-2-24-17(23)20-15(22)18(10-4-3-5-11-18)21(16(20)25)14-8-6-13(12-19)7-9-14/h6-9H,2-5,10-11H2,1H3. The van der Waals surface area contributed by atoms with E-state index in [1.54, 1.807) is 36.1 Å². The van der Waals surface area contributed by atoms with Gasteiger partial charge in [-0.1, -0.05) is 19.3 Å². The fourth-order valence-electron chi connectivity index (χ4n) is 3.64. The summed E-state index contributed by atoms with van der Waals surface area (Å²) in [4.78, 5) is 28.2. The molecule has 1 saturated heterocycles. The van der Waals surface area contributed by atoms with Crippen molar-refractivity contribution in [2.24, 2.45) is 0 Å². The Morgan fingerprint density at radius 3 is 2.48 bits per heavy atom. The van der Waals surface area contributed by atoms with Crippen LogP contribution in [-0.4, -0.2) is 34.2 Å². The Kier molecular flexibility index (Phi) is 4.73. The zero-order valence-corrected chi connectivity index (χ0v) is 14.8. The minimum Gasteiger partial charge on any atom is -0.449 e. The molecule has 0 aromatic heterocycles. The van der Waals surface area contributed by atoms with Crippen LogP contribution in [0.25, 0.3) is 0 Å². The predicted octanol–water partition coefficient (Wildman–Crippen LogP) is 3.35. The van der Waals surface area contributed by atoms with Crippen LogP contribution in [0.1, 0.15) is 44.6 Å². The summed E-state index contributed by atoms with van der Waals surface area (Å²) in [6.07, 6.45) is 3.42. The fourth-order valence-corrected chi connectivity index (χ4v) is 4.08. The number of rotatable bonds is 2. The molecular formula is C18H19N3O3S. The summed E-state index contributed by atoms with van der Waals surface area (Å²) < 4.78 is 5.03. The molecule has 0 unspecified atom stereocenters.